The molecule has 0 aliphatic carbocycles. The van der Waals surface area contributed by atoms with E-state index in [4.69, 9.17) is 20.1 Å². The van der Waals surface area contributed by atoms with Crippen molar-refractivity contribution >= 4 is 5.97 Å². The van der Waals surface area contributed by atoms with E-state index in [1.807, 2.05) is 30.3 Å². The predicted octanol–water partition coefficient (Wildman–Crippen LogP) is 4.20. The minimum absolute atomic E-state index is 0.111. The van der Waals surface area contributed by atoms with Crippen LogP contribution >= 0.6 is 0 Å². The van der Waals surface area contributed by atoms with Crippen molar-refractivity contribution < 1.29 is 28.9 Å². The number of carbonyl (C=O) groups is 1. The summed E-state index contributed by atoms with van der Waals surface area (Å²) in [6, 6.07) is 18.6. The van der Waals surface area contributed by atoms with E-state index in [0.717, 1.165) is 5.56 Å². The molecule has 0 unspecified atom stereocenters. The number of carbonyl (C=O) groups excluding carboxylic acids is 1. The Hall–Kier alpha value is -4.61. The van der Waals surface area contributed by atoms with Gasteiger partial charge in [0.15, 0.2) is 0 Å². The summed E-state index contributed by atoms with van der Waals surface area (Å²) < 4.78 is 19.8. The van der Waals surface area contributed by atoms with Crippen molar-refractivity contribution in [2.24, 2.45) is 0 Å². The third-order valence-corrected chi connectivity index (χ3v) is 4.48. The maximum atomic E-state index is 14.6. The molecule has 12 heteroatoms. The molecule has 0 bridgehead atoms. The van der Waals surface area contributed by atoms with Gasteiger partial charge in [-0.1, -0.05) is 48.5 Å². The minimum Gasteiger partial charge on any atom is -0.459 e. The molecule has 3 aromatic rings. The molecule has 0 aliphatic rings. The fraction of sp³-hybridized carbons (Fsp3) is 0.182. The van der Waals surface area contributed by atoms with E-state index in [9.17, 15) is 19.3 Å². The second kappa shape index (κ2) is 12.4. The van der Waals surface area contributed by atoms with Crippen LogP contribution in [0.5, 0.6) is 0 Å². The van der Waals surface area contributed by atoms with Crippen LogP contribution in [-0.4, -0.2) is 21.1 Å². The van der Waals surface area contributed by atoms with Gasteiger partial charge in [0.1, 0.15) is 19.0 Å². The molecular weight excluding hydrogens is 453 g/mol. The smallest absolute Gasteiger partial charge is 0.313 e. The number of pyridine rings is 1. The molecule has 34 heavy (non-hydrogen) atoms. The summed E-state index contributed by atoms with van der Waals surface area (Å²) in [4.78, 5) is 39.3. The Morgan fingerprint density at radius 3 is 2.18 bits per heavy atom. The van der Waals surface area contributed by atoms with Gasteiger partial charge in [0.05, 0.1) is 22.4 Å². The van der Waals surface area contributed by atoms with Crippen LogP contribution in [0.3, 0.4) is 0 Å². The lowest BCUT2D eigenvalue weighted by molar-refractivity contribution is -0.763. The Labute approximate surface area is 192 Å². The molecular formula is C22H19FN3O8-. The third-order valence-electron chi connectivity index (χ3n) is 4.48. The average Bonchev–Trinajstić information content (AvgIpc) is 2.81. The Bertz CT molecular complexity index is 1140. The maximum absolute atomic E-state index is 14.6. The number of esters is 1. The molecule has 2 aromatic carbocycles. The predicted molar refractivity (Wildman–Crippen MR) is 116 cm³/mol. The Kier molecular flexibility index (Phi) is 9.38. The lowest BCUT2D eigenvalue weighted by Gasteiger charge is -2.13. The molecule has 1 heterocycles. The van der Waals surface area contributed by atoms with Gasteiger partial charge >= 0.3 is 5.97 Å². The van der Waals surface area contributed by atoms with Gasteiger partial charge in [-0.2, -0.15) is 0 Å². The highest BCUT2D eigenvalue weighted by molar-refractivity contribution is 5.78. The van der Waals surface area contributed by atoms with E-state index in [0.29, 0.717) is 22.5 Å². The van der Waals surface area contributed by atoms with E-state index in [1.165, 1.54) is 6.07 Å². The minimum atomic E-state index is -1.75. The van der Waals surface area contributed by atoms with Gasteiger partial charge in [-0.15, -0.1) is 10.1 Å². The highest BCUT2D eigenvalue weighted by atomic mass is 19.1. The topological polar surface area (TPSA) is 158 Å². The molecule has 0 fully saturated rings. The number of rotatable bonds is 8. The number of aromatic nitrogens is 1. The van der Waals surface area contributed by atoms with E-state index in [-0.39, 0.29) is 13.2 Å². The normalized spacial score (nSPS) is 10.9. The summed E-state index contributed by atoms with van der Waals surface area (Å²) in [7, 11) is 0. The Balaban J connectivity index is 0.000000945. The first-order valence-corrected chi connectivity index (χ1v) is 9.72. The number of ether oxygens (including phenoxy) is 1. The summed E-state index contributed by atoms with van der Waals surface area (Å²) in [5.74, 6) is -1.63. The number of hydrogen-bond donors (Lipinski definition) is 0. The molecule has 0 saturated heterocycles. The largest absolute Gasteiger partial charge is 0.459 e. The van der Waals surface area contributed by atoms with Gasteiger partial charge in [0.2, 0.25) is 0 Å². The van der Waals surface area contributed by atoms with Gasteiger partial charge in [-0.3, -0.25) is 9.78 Å². The first-order chi connectivity index (χ1) is 16.2. The molecule has 0 amide bonds. The highest BCUT2D eigenvalue weighted by Crippen LogP contribution is 2.26. The maximum Gasteiger partial charge on any atom is 0.313 e. The molecule has 178 valence electrons. The highest BCUT2D eigenvalue weighted by Gasteiger charge is 2.19. The molecule has 11 nitrogen and oxygen atoms in total. The summed E-state index contributed by atoms with van der Waals surface area (Å²) in [6.07, 6.45) is 0. The molecule has 0 saturated carbocycles. The molecule has 0 aliphatic heterocycles. The van der Waals surface area contributed by atoms with Crippen LogP contribution in [0.15, 0.2) is 66.7 Å². The van der Waals surface area contributed by atoms with E-state index >= 15 is 0 Å². The zero-order valence-electron chi connectivity index (χ0n) is 17.8. The Morgan fingerprint density at radius 1 is 0.971 bits per heavy atom. The van der Waals surface area contributed by atoms with Crippen LogP contribution in [0.25, 0.3) is 11.1 Å². The van der Waals surface area contributed by atoms with Crippen LogP contribution in [-0.2, 0) is 27.6 Å². The SMILES string of the molecule is C[C@H](C(=O)OCc1cccc(CO[N+](=O)[O-])n1)c1ccc(-c2ccccc2)c(F)c1.O=[N+]([O-])[O-]. The summed E-state index contributed by atoms with van der Waals surface area (Å²) in [5, 5.41) is 24.1. The van der Waals surface area contributed by atoms with E-state index in [2.05, 4.69) is 9.82 Å². The zero-order valence-corrected chi connectivity index (χ0v) is 17.8. The van der Waals surface area contributed by atoms with E-state index < -0.39 is 27.9 Å². The lowest BCUT2D eigenvalue weighted by atomic mass is 9.97. The Morgan fingerprint density at radius 2 is 1.59 bits per heavy atom. The van der Waals surface area contributed by atoms with Crippen molar-refractivity contribution in [2.75, 3.05) is 0 Å². The van der Waals surface area contributed by atoms with Crippen molar-refractivity contribution in [1.82, 2.24) is 4.98 Å². The van der Waals surface area contributed by atoms with Gasteiger partial charge in [0, 0.05) is 5.56 Å². The average molecular weight is 472 g/mol. The van der Waals surface area contributed by atoms with Crippen molar-refractivity contribution in [2.45, 2.75) is 26.1 Å². The lowest BCUT2D eigenvalue weighted by Crippen LogP contribution is -2.14. The third kappa shape index (κ3) is 8.15. The summed E-state index contributed by atoms with van der Waals surface area (Å²) in [6.45, 7) is 1.23. The quantitative estimate of drug-likeness (QED) is 0.266. The molecule has 1 atom stereocenters. The van der Waals surface area contributed by atoms with Crippen molar-refractivity contribution in [1.29, 1.82) is 0 Å². The number of halogens is 1. The van der Waals surface area contributed by atoms with Gasteiger partial charge < -0.3 is 24.9 Å². The molecule has 1 aromatic heterocycles. The fourth-order valence-corrected chi connectivity index (χ4v) is 2.87. The number of benzene rings is 2. The van der Waals surface area contributed by atoms with Crippen LogP contribution in [0.2, 0.25) is 0 Å². The van der Waals surface area contributed by atoms with Gasteiger partial charge in [-0.25, -0.2) is 4.39 Å². The molecule has 0 N–H and O–H groups in total. The number of nitrogens with zero attached hydrogens (tertiary/aromatic N) is 3. The monoisotopic (exact) mass is 472 g/mol. The van der Waals surface area contributed by atoms with E-state index in [1.54, 1.807) is 37.3 Å². The standard InChI is InChI=1S/C22H19FN2O5.NO3/c1-15(17-10-11-20(21(23)12-17)16-6-3-2-4-7-16)22(26)29-13-18-8-5-9-19(24-18)14-30-25(27)28;2-1(3)4/h2-12,15H,13-14H2,1H3;/q;-1/t15-;/m0./s1. The van der Waals surface area contributed by atoms with Crippen LogP contribution < -0.4 is 0 Å². The number of hydrogen-bond acceptors (Lipinski definition) is 9. The molecule has 0 spiro atoms. The van der Waals surface area contributed by atoms with Gasteiger partial charge in [-0.05, 0) is 36.2 Å². The zero-order chi connectivity index (χ0) is 25.1. The van der Waals surface area contributed by atoms with Crippen LogP contribution in [0, 0.1) is 31.3 Å². The second-order valence-electron chi connectivity index (χ2n) is 6.78. The second-order valence-corrected chi connectivity index (χ2v) is 6.78. The first-order valence-electron chi connectivity index (χ1n) is 9.72. The van der Waals surface area contributed by atoms with Crippen molar-refractivity contribution in [3.05, 3.63) is 115 Å². The first kappa shape index (κ1) is 25.6. The van der Waals surface area contributed by atoms with Crippen LogP contribution in [0.1, 0.15) is 29.8 Å². The molecule has 3 rings (SSSR count). The fourth-order valence-electron chi connectivity index (χ4n) is 2.87. The van der Waals surface area contributed by atoms with Crippen molar-refractivity contribution in [3.63, 3.8) is 0 Å². The van der Waals surface area contributed by atoms with Crippen molar-refractivity contribution in [3.8, 4) is 11.1 Å². The van der Waals surface area contributed by atoms with Gasteiger partial charge in [0.25, 0.3) is 5.09 Å². The summed E-state index contributed by atoms with van der Waals surface area (Å²) >= 11 is 0. The molecule has 0 radical (unpaired) electrons. The summed E-state index contributed by atoms with van der Waals surface area (Å²) in [5.41, 5.74) is 2.47. The van der Waals surface area contributed by atoms with Crippen LogP contribution in [0.4, 0.5) is 4.39 Å².